The molecule has 8 heteroatoms. The average molecular weight is 465 g/mol. The second-order valence-corrected chi connectivity index (χ2v) is 9.52. The number of nitrogens with one attached hydrogen (secondary N) is 1. The highest BCUT2D eigenvalue weighted by Gasteiger charge is 2.35. The van der Waals surface area contributed by atoms with Gasteiger partial charge in [-0.05, 0) is 55.8 Å². The Morgan fingerprint density at radius 2 is 1.97 bits per heavy atom. The summed E-state index contributed by atoms with van der Waals surface area (Å²) < 4.78 is 6.00. The van der Waals surface area contributed by atoms with Gasteiger partial charge in [0.05, 0.1) is 12.2 Å². The predicted octanol–water partition coefficient (Wildman–Crippen LogP) is 5.59. The molecule has 0 aliphatic carbocycles. The van der Waals surface area contributed by atoms with Crippen LogP contribution in [0.15, 0.2) is 69.1 Å². The van der Waals surface area contributed by atoms with Gasteiger partial charge in [-0.1, -0.05) is 42.8 Å². The number of hydrazone groups is 1. The van der Waals surface area contributed by atoms with E-state index in [2.05, 4.69) is 48.2 Å². The number of hydrogen-bond donors (Lipinski definition) is 1. The van der Waals surface area contributed by atoms with Gasteiger partial charge in [0.2, 0.25) is 5.17 Å². The number of aryl methyl sites for hydroxylation is 1. The fourth-order valence-electron chi connectivity index (χ4n) is 3.18. The number of fused-ring (bicyclic) bond motifs is 1. The molecule has 0 radical (unpaired) electrons. The van der Waals surface area contributed by atoms with Crippen LogP contribution in [0.1, 0.15) is 30.9 Å². The zero-order chi connectivity index (χ0) is 22.5. The van der Waals surface area contributed by atoms with Crippen molar-refractivity contribution in [3.8, 4) is 5.75 Å². The van der Waals surface area contributed by atoms with Crippen molar-refractivity contribution in [1.29, 1.82) is 5.41 Å². The molecule has 0 saturated carbocycles. The minimum Gasteiger partial charge on any atom is -0.492 e. The standard InChI is InChI=1S/C24H24N4O2S2/c1-3-6-21-27-28-22(25)19(23(29)26-24(28)32-21)15-17-7-4-5-8-20(17)30-13-14-31-18-11-9-16(2)10-12-18/h4-5,7-12,15,25H,3,6,13-14H2,1-2H3/b19-15-,25-22?. The third-order valence-corrected chi connectivity index (χ3v) is 6.75. The van der Waals surface area contributed by atoms with Crippen LogP contribution in [-0.2, 0) is 4.79 Å². The lowest BCUT2D eigenvalue weighted by molar-refractivity contribution is -0.114. The number of para-hydroxylation sites is 1. The van der Waals surface area contributed by atoms with Gasteiger partial charge < -0.3 is 4.74 Å². The van der Waals surface area contributed by atoms with Crippen molar-refractivity contribution in [2.45, 2.75) is 31.6 Å². The molecule has 2 aliphatic rings. The number of benzene rings is 2. The van der Waals surface area contributed by atoms with E-state index in [9.17, 15) is 4.79 Å². The van der Waals surface area contributed by atoms with Gasteiger partial charge in [-0.25, -0.2) is 0 Å². The van der Waals surface area contributed by atoms with Crippen molar-refractivity contribution >= 4 is 51.6 Å². The van der Waals surface area contributed by atoms with Gasteiger partial charge in [0, 0.05) is 16.2 Å². The molecule has 0 bridgehead atoms. The number of hydrogen-bond acceptors (Lipinski definition) is 6. The molecule has 0 fully saturated rings. The van der Waals surface area contributed by atoms with Crippen LogP contribution < -0.4 is 4.74 Å². The van der Waals surface area contributed by atoms with Crippen molar-refractivity contribution in [1.82, 2.24) is 5.01 Å². The number of rotatable bonds is 8. The van der Waals surface area contributed by atoms with Gasteiger partial charge in [0.1, 0.15) is 10.8 Å². The van der Waals surface area contributed by atoms with Crippen LogP contribution in [0, 0.1) is 12.3 Å². The lowest BCUT2D eigenvalue weighted by Crippen LogP contribution is -2.35. The highest BCUT2D eigenvalue weighted by molar-refractivity contribution is 8.26. The summed E-state index contributed by atoms with van der Waals surface area (Å²) in [6, 6.07) is 15.9. The summed E-state index contributed by atoms with van der Waals surface area (Å²) in [4.78, 5) is 18.0. The summed E-state index contributed by atoms with van der Waals surface area (Å²) in [6.45, 7) is 4.67. The number of amides is 1. The summed E-state index contributed by atoms with van der Waals surface area (Å²) in [5, 5.41) is 15.8. The molecule has 32 heavy (non-hydrogen) atoms. The van der Waals surface area contributed by atoms with Crippen LogP contribution in [0.3, 0.4) is 0 Å². The van der Waals surface area contributed by atoms with Crippen LogP contribution in [0.2, 0.25) is 0 Å². The topological polar surface area (TPSA) is 78.1 Å². The van der Waals surface area contributed by atoms with E-state index in [1.165, 1.54) is 27.2 Å². The molecular weight excluding hydrogens is 440 g/mol. The summed E-state index contributed by atoms with van der Waals surface area (Å²) in [5.41, 5.74) is 2.19. The first-order valence-electron chi connectivity index (χ1n) is 10.5. The maximum atomic E-state index is 12.6. The first-order valence-corrected chi connectivity index (χ1v) is 12.3. The first-order chi connectivity index (χ1) is 15.5. The average Bonchev–Trinajstić information content (AvgIpc) is 3.19. The molecule has 0 spiro atoms. The van der Waals surface area contributed by atoms with Gasteiger partial charge in [0.25, 0.3) is 5.91 Å². The number of ether oxygens (including phenoxy) is 1. The molecule has 0 atom stereocenters. The van der Waals surface area contributed by atoms with Crippen LogP contribution in [-0.4, -0.2) is 39.3 Å². The summed E-state index contributed by atoms with van der Waals surface area (Å²) in [5.74, 6) is 1.09. The van der Waals surface area contributed by atoms with Crippen molar-refractivity contribution in [3.63, 3.8) is 0 Å². The van der Waals surface area contributed by atoms with E-state index in [0.717, 1.165) is 29.2 Å². The smallest absolute Gasteiger partial charge is 0.283 e. The Bertz CT molecular complexity index is 1120. The van der Waals surface area contributed by atoms with Crippen LogP contribution in [0.25, 0.3) is 6.08 Å². The predicted molar refractivity (Wildman–Crippen MR) is 134 cm³/mol. The van der Waals surface area contributed by atoms with E-state index in [-0.39, 0.29) is 11.4 Å². The van der Waals surface area contributed by atoms with Gasteiger partial charge >= 0.3 is 0 Å². The van der Waals surface area contributed by atoms with Crippen molar-refractivity contribution in [3.05, 3.63) is 65.2 Å². The molecule has 0 aromatic heterocycles. The second-order valence-electron chi connectivity index (χ2n) is 7.31. The van der Waals surface area contributed by atoms with Crippen LogP contribution in [0.5, 0.6) is 5.75 Å². The second kappa shape index (κ2) is 10.2. The summed E-state index contributed by atoms with van der Waals surface area (Å²) in [6.07, 6.45) is 3.42. The van der Waals surface area contributed by atoms with Gasteiger partial charge in [0.15, 0.2) is 5.84 Å². The molecule has 4 rings (SSSR count). The molecule has 2 heterocycles. The first kappa shape index (κ1) is 22.4. The van der Waals surface area contributed by atoms with E-state index >= 15 is 0 Å². The fraction of sp³-hybridized carbons (Fsp3) is 0.250. The Balaban J connectivity index is 1.46. The molecule has 1 N–H and O–H groups in total. The maximum absolute atomic E-state index is 12.6. The number of carbonyl (C=O) groups excluding carboxylic acids is 1. The zero-order valence-electron chi connectivity index (χ0n) is 18.0. The Labute approximate surface area is 196 Å². The monoisotopic (exact) mass is 464 g/mol. The zero-order valence-corrected chi connectivity index (χ0v) is 19.6. The summed E-state index contributed by atoms with van der Waals surface area (Å²) in [7, 11) is 0. The molecule has 0 saturated heterocycles. The van der Waals surface area contributed by atoms with E-state index in [0.29, 0.717) is 17.5 Å². The van der Waals surface area contributed by atoms with Crippen LogP contribution in [0.4, 0.5) is 0 Å². The van der Waals surface area contributed by atoms with Gasteiger partial charge in [-0.2, -0.15) is 15.1 Å². The number of carbonyl (C=O) groups is 1. The Morgan fingerprint density at radius 1 is 1.19 bits per heavy atom. The van der Waals surface area contributed by atoms with E-state index in [1.807, 2.05) is 24.3 Å². The number of nitrogens with zero attached hydrogens (tertiary/aromatic N) is 3. The number of thioether (sulfide) groups is 2. The lowest BCUT2D eigenvalue weighted by atomic mass is 10.1. The van der Waals surface area contributed by atoms with Crippen molar-refractivity contribution in [2.24, 2.45) is 10.1 Å². The molecule has 6 nitrogen and oxygen atoms in total. The molecule has 2 aromatic rings. The molecule has 1 amide bonds. The Hall–Kier alpha value is -2.84. The summed E-state index contributed by atoms with van der Waals surface area (Å²) >= 11 is 3.10. The molecule has 164 valence electrons. The lowest BCUT2D eigenvalue weighted by Gasteiger charge is -2.20. The quantitative estimate of drug-likeness (QED) is 0.313. The molecular formula is C24H24N4O2S2. The van der Waals surface area contributed by atoms with E-state index < -0.39 is 5.91 Å². The van der Waals surface area contributed by atoms with Crippen molar-refractivity contribution in [2.75, 3.05) is 12.4 Å². The normalized spacial score (nSPS) is 16.8. The largest absolute Gasteiger partial charge is 0.492 e. The maximum Gasteiger partial charge on any atom is 0.283 e. The Morgan fingerprint density at radius 3 is 2.75 bits per heavy atom. The number of aliphatic imine (C=N–C) groups is 1. The van der Waals surface area contributed by atoms with Crippen molar-refractivity contribution < 1.29 is 9.53 Å². The SMILES string of the molecule is CCCC1=NN2C(=N)/C(=C/c3ccccc3OCCSc3ccc(C)cc3)C(=O)N=C2S1. The van der Waals surface area contributed by atoms with Gasteiger partial charge in [-0.3, -0.25) is 10.2 Å². The van der Waals surface area contributed by atoms with E-state index in [1.54, 1.807) is 17.8 Å². The van der Waals surface area contributed by atoms with E-state index in [4.69, 9.17) is 10.1 Å². The fourth-order valence-corrected chi connectivity index (χ4v) is 4.90. The molecule has 2 aliphatic heterocycles. The highest BCUT2D eigenvalue weighted by Crippen LogP contribution is 2.31. The van der Waals surface area contributed by atoms with Gasteiger partial charge in [-0.15, -0.1) is 11.8 Å². The molecule has 0 unspecified atom stereocenters. The third kappa shape index (κ3) is 5.14. The Kier molecular flexibility index (Phi) is 7.12. The third-order valence-electron chi connectivity index (χ3n) is 4.81. The highest BCUT2D eigenvalue weighted by atomic mass is 32.2. The van der Waals surface area contributed by atoms with Crippen LogP contribution >= 0.6 is 23.5 Å². The number of amidine groups is 2. The minimum absolute atomic E-state index is 0.0448. The minimum atomic E-state index is -0.425. The molecule has 2 aromatic carbocycles.